The number of hydrogen-bond acceptors (Lipinski definition) is 3. The number of carboxylic acids is 1. The largest absolute Gasteiger partial charge is 0.481 e. The maximum atomic E-state index is 11.8. The summed E-state index contributed by atoms with van der Waals surface area (Å²) in [5.41, 5.74) is 4.38. The summed E-state index contributed by atoms with van der Waals surface area (Å²) in [6.07, 6.45) is 3.00. The lowest BCUT2D eigenvalue weighted by molar-refractivity contribution is -0.143. The monoisotopic (exact) mass is 285 g/mol. The second-order valence-corrected chi connectivity index (χ2v) is 5.91. The molecular formula is C13H23N3O4. The lowest BCUT2D eigenvalue weighted by atomic mass is 9.84. The highest BCUT2D eigenvalue weighted by atomic mass is 16.4. The molecule has 7 heteroatoms. The molecule has 1 aliphatic carbocycles. The van der Waals surface area contributed by atoms with Crippen molar-refractivity contribution in [2.45, 2.75) is 45.6 Å². The second-order valence-electron chi connectivity index (χ2n) is 5.91. The van der Waals surface area contributed by atoms with Gasteiger partial charge >= 0.3 is 12.0 Å². The highest BCUT2D eigenvalue weighted by Gasteiger charge is 2.32. The van der Waals surface area contributed by atoms with Crippen molar-refractivity contribution in [1.82, 2.24) is 10.6 Å². The SMILES string of the molecule is CC(C)(CNC(=O)NC1CCCCC1C(=O)O)C(N)=O. The van der Waals surface area contributed by atoms with Crippen LogP contribution < -0.4 is 16.4 Å². The molecule has 0 aromatic heterocycles. The quantitative estimate of drug-likeness (QED) is 0.585. The highest BCUT2D eigenvalue weighted by Crippen LogP contribution is 2.24. The number of primary amides is 1. The number of nitrogens with one attached hydrogen (secondary N) is 2. The summed E-state index contributed by atoms with van der Waals surface area (Å²) in [6.45, 7) is 3.38. The van der Waals surface area contributed by atoms with Crippen LogP contribution in [0.15, 0.2) is 0 Å². The lowest BCUT2D eigenvalue weighted by Gasteiger charge is -2.30. The average molecular weight is 285 g/mol. The first-order chi connectivity index (χ1) is 9.24. The van der Waals surface area contributed by atoms with Gasteiger partial charge in [0.15, 0.2) is 0 Å². The summed E-state index contributed by atoms with van der Waals surface area (Å²) >= 11 is 0. The Hall–Kier alpha value is -1.79. The van der Waals surface area contributed by atoms with Gasteiger partial charge in [0.1, 0.15) is 0 Å². The normalized spacial score (nSPS) is 22.9. The summed E-state index contributed by atoms with van der Waals surface area (Å²) in [7, 11) is 0. The number of aliphatic carboxylic acids is 1. The van der Waals surface area contributed by atoms with Crippen LogP contribution in [-0.2, 0) is 9.59 Å². The Labute approximate surface area is 118 Å². The number of carbonyl (C=O) groups is 3. The van der Waals surface area contributed by atoms with Crippen LogP contribution >= 0.6 is 0 Å². The van der Waals surface area contributed by atoms with E-state index in [1.54, 1.807) is 13.8 Å². The first kappa shape index (κ1) is 16.3. The zero-order chi connectivity index (χ0) is 15.3. The van der Waals surface area contributed by atoms with Crippen molar-refractivity contribution >= 4 is 17.9 Å². The van der Waals surface area contributed by atoms with Gasteiger partial charge in [-0.3, -0.25) is 9.59 Å². The van der Waals surface area contributed by atoms with E-state index in [0.717, 1.165) is 12.8 Å². The average Bonchev–Trinajstić information content (AvgIpc) is 2.36. The van der Waals surface area contributed by atoms with Gasteiger partial charge in [-0.1, -0.05) is 12.8 Å². The molecule has 20 heavy (non-hydrogen) atoms. The Bertz CT molecular complexity index is 395. The predicted molar refractivity (Wildman–Crippen MR) is 72.9 cm³/mol. The molecule has 5 N–H and O–H groups in total. The van der Waals surface area contributed by atoms with Crippen LogP contribution in [-0.4, -0.2) is 35.6 Å². The minimum absolute atomic E-state index is 0.110. The van der Waals surface area contributed by atoms with Crippen molar-refractivity contribution in [3.63, 3.8) is 0 Å². The van der Waals surface area contributed by atoms with E-state index in [9.17, 15) is 14.4 Å². The zero-order valence-electron chi connectivity index (χ0n) is 11.9. The summed E-state index contributed by atoms with van der Waals surface area (Å²) in [5, 5.41) is 14.4. The van der Waals surface area contributed by atoms with Gasteiger partial charge in [0.2, 0.25) is 5.91 Å². The molecule has 1 saturated carbocycles. The topological polar surface area (TPSA) is 122 Å². The fraction of sp³-hybridized carbons (Fsp3) is 0.769. The Balaban J connectivity index is 2.49. The maximum Gasteiger partial charge on any atom is 0.315 e. The highest BCUT2D eigenvalue weighted by molar-refractivity contribution is 5.82. The van der Waals surface area contributed by atoms with Crippen LogP contribution in [0.5, 0.6) is 0 Å². The van der Waals surface area contributed by atoms with E-state index in [2.05, 4.69) is 10.6 Å². The molecule has 0 aromatic carbocycles. The molecule has 0 radical (unpaired) electrons. The van der Waals surface area contributed by atoms with Gasteiger partial charge in [-0.15, -0.1) is 0 Å². The zero-order valence-corrected chi connectivity index (χ0v) is 11.9. The standard InChI is InChI=1S/C13H23N3O4/c1-13(2,11(14)19)7-15-12(20)16-9-6-4-3-5-8(9)10(17)18/h8-9H,3-7H2,1-2H3,(H2,14,19)(H,17,18)(H2,15,16,20). The van der Waals surface area contributed by atoms with Crippen LogP contribution in [0.3, 0.4) is 0 Å². The summed E-state index contributed by atoms with van der Waals surface area (Å²) in [5.74, 6) is -1.93. The van der Waals surface area contributed by atoms with Gasteiger partial charge in [0.05, 0.1) is 11.3 Å². The fourth-order valence-electron chi connectivity index (χ4n) is 2.21. The number of urea groups is 1. The molecule has 1 aliphatic rings. The second kappa shape index (κ2) is 6.58. The van der Waals surface area contributed by atoms with Crippen molar-refractivity contribution in [3.05, 3.63) is 0 Å². The van der Waals surface area contributed by atoms with Crippen molar-refractivity contribution in [2.75, 3.05) is 6.54 Å². The predicted octanol–water partition coefficient (Wildman–Crippen LogP) is 0.441. The van der Waals surface area contributed by atoms with Crippen molar-refractivity contribution < 1.29 is 19.5 Å². The summed E-state index contributed by atoms with van der Waals surface area (Å²) < 4.78 is 0. The molecule has 0 aliphatic heterocycles. The Morgan fingerprint density at radius 1 is 1.25 bits per heavy atom. The number of amides is 3. The molecule has 114 valence electrons. The van der Waals surface area contributed by atoms with Gasteiger partial charge in [0.25, 0.3) is 0 Å². The molecule has 2 unspecified atom stereocenters. The van der Waals surface area contributed by atoms with Gasteiger partial charge in [-0.25, -0.2) is 4.79 Å². The minimum atomic E-state index is -0.882. The number of nitrogens with two attached hydrogens (primary N) is 1. The Morgan fingerprint density at radius 3 is 2.40 bits per heavy atom. The molecule has 1 rings (SSSR count). The third-order valence-corrected chi connectivity index (χ3v) is 3.76. The van der Waals surface area contributed by atoms with Gasteiger partial charge < -0.3 is 21.5 Å². The molecule has 7 nitrogen and oxygen atoms in total. The van der Waals surface area contributed by atoms with E-state index >= 15 is 0 Å². The Kier molecular flexibility index (Phi) is 5.35. The number of rotatable bonds is 5. The third kappa shape index (κ3) is 4.40. The number of hydrogen-bond donors (Lipinski definition) is 4. The van der Waals surface area contributed by atoms with Crippen molar-refractivity contribution in [3.8, 4) is 0 Å². The van der Waals surface area contributed by atoms with Gasteiger partial charge in [-0.2, -0.15) is 0 Å². The van der Waals surface area contributed by atoms with E-state index in [0.29, 0.717) is 12.8 Å². The Morgan fingerprint density at radius 2 is 1.85 bits per heavy atom. The minimum Gasteiger partial charge on any atom is -0.481 e. The van der Waals surface area contributed by atoms with E-state index in [1.165, 1.54) is 0 Å². The van der Waals surface area contributed by atoms with Crippen LogP contribution in [0.2, 0.25) is 0 Å². The molecule has 0 bridgehead atoms. The maximum absolute atomic E-state index is 11.8. The van der Waals surface area contributed by atoms with Gasteiger partial charge in [-0.05, 0) is 26.7 Å². The van der Waals surface area contributed by atoms with E-state index in [4.69, 9.17) is 10.8 Å². The van der Waals surface area contributed by atoms with Crippen molar-refractivity contribution in [1.29, 1.82) is 0 Å². The smallest absolute Gasteiger partial charge is 0.315 e. The molecule has 0 aromatic rings. The summed E-state index contributed by atoms with van der Waals surface area (Å²) in [4.78, 5) is 34.0. The van der Waals surface area contributed by atoms with E-state index < -0.39 is 29.2 Å². The van der Waals surface area contributed by atoms with Gasteiger partial charge in [0, 0.05) is 12.6 Å². The van der Waals surface area contributed by atoms with Crippen LogP contribution in [0.25, 0.3) is 0 Å². The first-order valence-electron chi connectivity index (χ1n) is 6.81. The number of carboxylic acid groups (broad SMARTS) is 1. The lowest BCUT2D eigenvalue weighted by Crippen LogP contribution is -2.51. The molecule has 0 heterocycles. The van der Waals surface area contributed by atoms with Crippen LogP contribution in [0, 0.1) is 11.3 Å². The fourth-order valence-corrected chi connectivity index (χ4v) is 2.21. The molecule has 0 spiro atoms. The van der Waals surface area contributed by atoms with Crippen LogP contribution in [0.4, 0.5) is 4.79 Å². The molecule has 3 amide bonds. The van der Waals surface area contributed by atoms with E-state index in [1.807, 2.05) is 0 Å². The molecule has 2 atom stereocenters. The summed E-state index contributed by atoms with van der Waals surface area (Å²) in [6, 6.07) is -0.824. The van der Waals surface area contributed by atoms with Crippen LogP contribution in [0.1, 0.15) is 39.5 Å². The molecule has 1 fully saturated rings. The van der Waals surface area contributed by atoms with E-state index in [-0.39, 0.29) is 12.6 Å². The molecule has 0 saturated heterocycles. The van der Waals surface area contributed by atoms with Crippen molar-refractivity contribution in [2.24, 2.45) is 17.1 Å². The first-order valence-corrected chi connectivity index (χ1v) is 6.81. The molecular weight excluding hydrogens is 262 g/mol. The third-order valence-electron chi connectivity index (χ3n) is 3.76. The number of carbonyl (C=O) groups excluding carboxylic acids is 2.